The van der Waals surface area contributed by atoms with Crippen LogP contribution in [0.1, 0.15) is 18.1 Å². The first-order chi connectivity index (χ1) is 10.2. The fraction of sp³-hybridized carbons (Fsp3) is 0.167. The van der Waals surface area contributed by atoms with E-state index in [1.807, 2.05) is 61.5 Å². The fourth-order valence-electron chi connectivity index (χ4n) is 2.66. The van der Waals surface area contributed by atoms with Crippen LogP contribution >= 0.6 is 0 Å². The number of carbonyl (C=O) groups is 1. The third-order valence-corrected chi connectivity index (χ3v) is 3.68. The molecule has 0 N–H and O–H groups in total. The van der Waals surface area contributed by atoms with Gasteiger partial charge in [0.2, 0.25) is 0 Å². The third kappa shape index (κ3) is 2.31. The first-order valence-corrected chi connectivity index (χ1v) is 7.01. The fourth-order valence-corrected chi connectivity index (χ4v) is 2.66. The number of benzene rings is 2. The summed E-state index contributed by atoms with van der Waals surface area (Å²) >= 11 is 0. The van der Waals surface area contributed by atoms with Crippen LogP contribution < -0.4 is 9.64 Å². The summed E-state index contributed by atoms with van der Waals surface area (Å²) in [5.41, 5.74) is 3.68. The number of anilines is 1. The molecule has 1 heterocycles. The number of methoxy groups -OCH3 is 1. The largest absolute Gasteiger partial charge is 0.497 e. The summed E-state index contributed by atoms with van der Waals surface area (Å²) in [4.78, 5) is 14.4. The highest BCUT2D eigenvalue weighted by molar-refractivity contribution is 6.35. The lowest BCUT2D eigenvalue weighted by Gasteiger charge is -2.13. The predicted molar refractivity (Wildman–Crippen MR) is 85.3 cm³/mol. The molecule has 0 aliphatic carbocycles. The summed E-state index contributed by atoms with van der Waals surface area (Å²) in [7, 11) is 1.64. The minimum atomic E-state index is 0.0570. The first kappa shape index (κ1) is 13.4. The molecule has 1 aliphatic heterocycles. The zero-order chi connectivity index (χ0) is 14.8. The Morgan fingerprint density at radius 3 is 2.71 bits per heavy atom. The van der Waals surface area contributed by atoms with E-state index in [1.165, 1.54) is 0 Å². The van der Waals surface area contributed by atoms with Crippen LogP contribution in [0.2, 0.25) is 0 Å². The second-order valence-electron chi connectivity index (χ2n) is 4.90. The molecular weight excluding hydrogens is 262 g/mol. The van der Waals surface area contributed by atoms with Gasteiger partial charge in [-0.1, -0.05) is 30.3 Å². The number of likely N-dealkylation sites (N-methyl/N-ethyl adjacent to an activating group) is 1. The number of nitrogens with zero attached hydrogens (tertiary/aromatic N) is 1. The molecule has 21 heavy (non-hydrogen) atoms. The van der Waals surface area contributed by atoms with E-state index in [0.29, 0.717) is 6.54 Å². The van der Waals surface area contributed by atoms with Gasteiger partial charge < -0.3 is 9.64 Å². The molecule has 0 aromatic heterocycles. The molecule has 0 bridgehead atoms. The Bertz CT molecular complexity index is 719. The minimum Gasteiger partial charge on any atom is -0.497 e. The summed E-state index contributed by atoms with van der Waals surface area (Å²) in [5, 5.41) is 0. The zero-order valence-electron chi connectivity index (χ0n) is 12.2. The molecule has 3 heteroatoms. The van der Waals surface area contributed by atoms with E-state index in [4.69, 9.17) is 4.74 Å². The lowest BCUT2D eigenvalue weighted by atomic mass is 10.0. The highest BCUT2D eigenvalue weighted by atomic mass is 16.5. The Balaban J connectivity index is 2.09. The maximum Gasteiger partial charge on any atom is 0.258 e. The summed E-state index contributed by atoms with van der Waals surface area (Å²) in [6.07, 6.45) is 1.93. The molecule has 0 unspecified atom stereocenters. The summed E-state index contributed by atoms with van der Waals surface area (Å²) in [5.74, 6) is 0.844. The molecule has 106 valence electrons. The van der Waals surface area contributed by atoms with Crippen molar-refractivity contribution in [1.29, 1.82) is 0 Å². The predicted octanol–water partition coefficient (Wildman–Crippen LogP) is 3.60. The number of para-hydroxylation sites is 1. The smallest absolute Gasteiger partial charge is 0.258 e. The number of ether oxygens (including phenoxy) is 1. The van der Waals surface area contributed by atoms with Gasteiger partial charge in [-0.15, -0.1) is 0 Å². The van der Waals surface area contributed by atoms with Gasteiger partial charge in [-0.2, -0.15) is 0 Å². The van der Waals surface area contributed by atoms with Gasteiger partial charge >= 0.3 is 0 Å². The number of hydrogen-bond acceptors (Lipinski definition) is 2. The molecule has 0 radical (unpaired) electrons. The standard InChI is InChI=1S/C18H17NO2/c1-3-19-17-10-5-4-9-15(17)16(18(19)20)12-13-7-6-8-14(11-13)21-2/h4-12H,3H2,1-2H3/b16-12+. The van der Waals surface area contributed by atoms with E-state index in [9.17, 15) is 4.79 Å². The van der Waals surface area contributed by atoms with Crippen LogP contribution in [0, 0.1) is 0 Å². The van der Waals surface area contributed by atoms with Gasteiger partial charge in [0.1, 0.15) is 5.75 Å². The summed E-state index contributed by atoms with van der Waals surface area (Å²) in [6.45, 7) is 2.66. The quantitative estimate of drug-likeness (QED) is 0.803. The van der Waals surface area contributed by atoms with Crippen LogP contribution in [0.3, 0.4) is 0 Å². The van der Waals surface area contributed by atoms with E-state index in [2.05, 4.69) is 0 Å². The van der Waals surface area contributed by atoms with E-state index in [0.717, 1.165) is 28.1 Å². The van der Waals surface area contributed by atoms with Crippen molar-refractivity contribution in [2.24, 2.45) is 0 Å². The van der Waals surface area contributed by atoms with Gasteiger partial charge in [-0.3, -0.25) is 4.79 Å². The molecule has 2 aromatic rings. The Morgan fingerprint density at radius 2 is 1.95 bits per heavy atom. The van der Waals surface area contributed by atoms with Gasteiger partial charge in [0, 0.05) is 17.7 Å². The number of hydrogen-bond donors (Lipinski definition) is 0. The van der Waals surface area contributed by atoms with E-state index < -0.39 is 0 Å². The molecule has 0 saturated heterocycles. The van der Waals surface area contributed by atoms with Crippen molar-refractivity contribution in [1.82, 2.24) is 0 Å². The number of rotatable bonds is 3. The monoisotopic (exact) mass is 279 g/mol. The molecule has 0 spiro atoms. The van der Waals surface area contributed by atoms with Crippen LogP contribution in [-0.4, -0.2) is 19.6 Å². The van der Waals surface area contributed by atoms with Crippen molar-refractivity contribution in [3.8, 4) is 5.75 Å². The van der Waals surface area contributed by atoms with Gasteiger partial charge in [0.25, 0.3) is 5.91 Å². The molecule has 2 aromatic carbocycles. The van der Waals surface area contributed by atoms with Gasteiger partial charge in [0.15, 0.2) is 0 Å². The summed E-state index contributed by atoms with van der Waals surface area (Å²) in [6, 6.07) is 15.6. The number of carbonyl (C=O) groups excluding carboxylic acids is 1. The SMILES string of the molecule is CCN1C(=O)/C(=C/c2cccc(OC)c2)c2ccccc21. The topological polar surface area (TPSA) is 29.5 Å². The Morgan fingerprint density at radius 1 is 1.14 bits per heavy atom. The molecule has 3 nitrogen and oxygen atoms in total. The first-order valence-electron chi connectivity index (χ1n) is 7.01. The lowest BCUT2D eigenvalue weighted by molar-refractivity contribution is -0.112. The van der Waals surface area contributed by atoms with Crippen molar-refractivity contribution >= 4 is 23.2 Å². The van der Waals surface area contributed by atoms with Gasteiger partial charge in [0.05, 0.1) is 12.8 Å². The molecular formula is C18H17NO2. The van der Waals surface area contributed by atoms with Crippen molar-refractivity contribution < 1.29 is 9.53 Å². The Hall–Kier alpha value is -2.55. The maximum atomic E-state index is 12.6. The Kier molecular flexibility index (Phi) is 3.48. The number of amides is 1. The van der Waals surface area contributed by atoms with Crippen molar-refractivity contribution in [3.63, 3.8) is 0 Å². The van der Waals surface area contributed by atoms with E-state index in [-0.39, 0.29) is 5.91 Å². The van der Waals surface area contributed by atoms with Crippen LogP contribution in [0.4, 0.5) is 5.69 Å². The molecule has 0 fully saturated rings. The second kappa shape index (κ2) is 5.44. The van der Waals surface area contributed by atoms with Crippen LogP contribution in [0.5, 0.6) is 5.75 Å². The highest BCUT2D eigenvalue weighted by Crippen LogP contribution is 2.37. The third-order valence-electron chi connectivity index (χ3n) is 3.68. The van der Waals surface area contributed by atoms with Crippen LogP contribution in [0.25, 0.3) is 11.6 Å². The van der Waals surface area contributed by atoms with Gasteiger partial charge in [-0.25, -0.2) is 0 Å². The van der Waals surface area contributed by atoms with Crippen molar-refractivity contribution in [2.45, 2.75) is 6.92 Å². The van der Waals surface area contributed by atoms with Crippen molar-refractivity contribution in [2.75, 3.05) is 18.6 Å². The average Bonchev–Trinajstić information content (AvgIpc) is 2.79. The number of fused-ring (bicyclic) bond motifs is 1. The normalized spacial score (nSPS) is 15.4. The van der Waals surface area contributed by atoms with E-state index in [1.54, 1.807) is 12.0 Å². The molecule has 0 atom stereocenters. The van der Waals surface area contributed by atoms with Gasteiger partial charge in [-0.05, 0) is 36.8 Å². The lowest BCUT2D eigenvalue weighted by Crippen LogP contribution is -2.25. The summed E-state index contributed by atoms with van der Waals surface area (Å²) < 4.78 is 5.23. The van der Waals surface area contributed by atoms with Crippen molar-refractivity contribution in [3.05, 3.63) is 59.7 Å². The minimum absolute atomic E-state index is 0.0570. The molecule has 1 aliphatic rings. The zero-order valence-corrected chi connectivity index (χ0v) is 12.2. The molecule has 1 amide bonds. The Labute approximate surface area is 124 Å². The highest BCUT2D eigenvalue weighted by Gasteiger charge is 2.30. The molecule has 0 saturated carbocycles. The second-order valence-corrected chi connectivity index (χ2v) is 4.90. The molecule has 3 rings (SSSR count). The van der Waals surface area contributed by atoms with Crippen LogP contribution in [-0.2, 0) is 4.79 Å². The van der Waals surface area contributed by atoms with Crippen LogP contribution in [0.15, 0.2) is 48.5 Å². The van der Waals surface area contributed by atoms with E-state index >= 15 is 0 Å². The average molecular weight is 279 g/mol. The maximum absolute atomic E-state index is 12.6.